The van der Waals surface area contributed by atoms with E-state index in [1.165, 1.54) is 19.2 Å². The van der Waals surface area contributed by atoms with Gasteiger partial charge in [-0.05, 0) is 18.5 Å². The highest BCUT2D eigenvalue weighted by molar-refractivity contribution is 5.95. The van der Waals surface area contributed by atoms with Crippen LogP contribution in [0.4, 0.5) is 11.4 Å². The molecule has 0 bridgehead atoms. The Morgan fingerprint density at radius 1 is 1.38 bits per heavy atom. The van der Waals surface area contributed by atoms with Crippen molar-refractivity contribution < 1.29 is 24.4 Å². The van der Waals surface area contributed by atoms with Gasteiger partial charge in [0.05, 0.1) is 24.1 Å². The third-order valence-electron chi connectivity index (χ3n) is 3.13. The molecule has 0 heterocycles. The number of amides is 1. The fourth-order valence-electron chi connectivity index (χ4n) is 1.92. The number of hydrogen-bond acceptors (Lipinski definition) is 6. The van der Waals surface area contributed by atoms with E-state index < -0.39 is 22.8 Å². The second-order valence-corrected chi connectivity index (χ2v) is 5.59. The number of aliphatic carboxylic acids is 1. The lowest BCUT2D eigenvalue weighted by Crippen LogP contribution is -2.41. The molecule has 24 heavy (non-hydrogen) atoms. The molecule has 9 heteroatoms. The molecule has 0 aliphatic heterocycles. The van der Waals surface area contributed by atoms with Crippen molar-refractivity contribution in [3.63, 3.8) is 0 Å². The molecule has 0 aliphatic carbocycles. The number of nitro benzene ring substituents is 1. The lowest BCUT2D eigenvalue weighted by molar-refractivity contribution is -0.384. The molecule has 0 saturated carbocycles. The predicted octanol–water partition coefficient (Wildman–Crippen LogP) is 1.63. The fraction of sp³-hybridized carbons (Fsp3) is 0.467. The maximum atomic E-state index is 12.1. The van der Waals surface area contributed by atoms with Crippen LogP contribution in [-0.2, 0) is 9.59 Å². The number of nitrogens with zero attached hydrogens (tertiary/aromatic N) is 1. The summed E-state index contributed by atoms with van der Waals surface area (Å²) in [5, 5.41) is 25.2. The first-order valence-electron chi connectivity index (χ1n) is 7.33. The molecule has 132 valence electrons. The number of carboxylic acid groups (broad SMARTS) is 1. The number of nitrogens with one attached hydrogen (secondary N) is 2. The zero-order chi connectivity index (χ0) is 18.3. The first kappa shape index (κ1) is 19.4. The van der Waals surface area contributed by atoms with Gasteiger partial charge in [0.2, 0.25) is 5.91 Å². The molecule has 0 aliphatic rings. The van der Waals surface area contributed by atoms with Gasteiger partial charge in [-0.25, -0.2) is 0 Å². The van der Waals surface area contributed by atoms with Gasteiger partial charge in [0, 0.05) is 12.1 Å². The molecule has 1 aromatic carbocycles. The summed E-state index contributed by atoms with van der Waals surface area (Å²) in [6.45, 7) is 4.28. The second kappa shape index (κ2) is 8.82. The number of hydrogen-bond donors (Lipinski definition) is 3. The normalized spacial score (nSPS) is 11.8. The van der Waals surface area contributed by atoms with Crippen LogP contribution in [0.15, 0.2) is 18.2 Å². The molecule has 0 aromatic heterocycles. The van der Waals surface area contributed by atoms with Crippen molar-refractivity contribution in [2.45, 2.75) is 26.3 Å². The number of ether oxygens (including phenoxy) is 1. The minimum Gasteiger partial charge on any atom is -0.495 e. The van der Waals surface area contributed by atoms with E-state index >= 15 is 0 Å². The summed E-state index contributed by atoms with van der Waals surface area (Å²) < 4.78 is 5.04. The van der Waals surface area contributed by atoms with Crippen molar-refractivity contribution in [1.82, 2.24) is 5.32 Å². The van der Waals surface area contributed by atoms with Gasteiger partial charge in [-0.3, -0.25) is 19.7 Å². The van der Waals surface area contributed by atoms with Crippen molar-refractivity contribution >= 4 is 23.3 Å². The Balaban J connectivity index is 2.83. The summed E-state index contributed by atoms with van der Waals surface area (Å²) in [4.78, 5) is 33.5. The van der Waals surface area contributed by atoms with Crippen molar-refractivity contribution in [2.75, 3.05) is 19.0 Å². The number of carbonyl (C=O) groups excluding carboxylic acids is 1. The molecule has 9 nitrogen and oxygen atoms in total. The van der Waals surface area contributed by atoms with E-state index in [1.54, 1.807) is 0 Å². The van der Waals surface area contributed by atoms with Crippen LogP contribution in [0.2, 0.25) is 0 Å². The number of benzene rings is 1. The van der Waals surface area contributed by atoms with Gasteiger partial charge in [0.1, 0.15) is 11.8 Å². The smallest absolute Gasteiger partial charge is 0.321 e. The van der Waals surface area contributed by atoms with Crippen molar-refractivity contribution in [2.24, 2.45) is 5.92 Å². The number of non-ortho nitro benzene ring substituents is 1. The van der Waals surface area contributed by atoms with E-state index in [0.717, 1.165) is 6.07 Å². The van der Waals surface area contributed by atoms with Crippen LogP contribution < -0.4 is 15.4 Å². The second-order valence-electron chi connectivity index (χ2n) is 5.59. The first-order valence-corrected chi connectivity index (χ1v) is 7.33. The van der Waals surface area contributed by atoms with Gasteiger partial charge in [0.15, 0.2) is 0 Å². The Hall–Kier alpha value is -2.68. The van der Waals surface area contributed by atoms with Crippen LogP contribution in [0.5, 0.6) is 5.75 Å². The highest BCUT2D eigenvalue weighted by atomic mass is 16.6. The van der Waals surface area contributed by atoms with Gasteiger partial charge in [0.25, 0.3) is 5.69 Å². The Kier molecular flexibility index (Phi) is 7.12. The van der Waals surface area contributed by atoms with E-state index in [4.69, 9.17) is 9.84 Å². The summed E-state index contributed by atoms with van der Waals surface area (Å²) in [6.07, 6.45) is -0.312. The van der Waals surface area contributed by atoms with Gasteiger partial charge in [-0.15, -0.1) is 0 Å². The quantitative estimate of drug-likeness (QED) is 0.460. The van der Waals surface area contributed by atoms with E-state index in [9.17, 15) is 19.7 Å². The van der Waals surface area contributed by atoms with E-state index in [0.29, 0.717) is 6.54 Å². The Bertz CT molecular complexity index is 617. The molecule has 1 amide bonds. The van der Waals surface area contributed by atoms with Crippen molar-refractivity contribution in [1.29, 1.82) is 0 Å². The average Bonchev–Trinajstić information content (AvgIpc) is 2.50. The zero-order valence-electron chi connectivity index (χ0n) is 13.7. The number of carbonyl (C=O) groups is 2. The molecule has 0 fully saturated rings. The molecule has 1 unspecified atom stereocenters. The summed E-state index contributed by atoms with van der Waals surface area (Å²) in [5.41, 5.74) is -0.0940. The van der Waals surface area contributed by atoms with Crippen LogP contribution in [0.1, 0.15) is 20.3 Å². The molecule has 0 radical (unpaired) electrons. The third kappa shape index (κ3) is 5.84. The Morgan fingerprint density at radius 2 is 2.04 bits per heavy atom. The molecule has 1 aromatic rings. The molecule has 1 rings (SSSR count). The topological polar surface area (TPSA) is 131 Å². The van der Waals surface area contributed by atoms with Gasteiger partial charge in [-0.1, -0.05) is 13.8 Å². The van der Waals surface area contributed by atoms with E-state index in [1.807, 2.05) is 13.8 Å². The summed E-state index contributed by atoms with van der Waals surface area (Å²) in [6, 6.07) is 2.73. The Labute approximate surface area is 139 Å². The van der Waals surface area contributed by atoms with Crippen LogP contribution >= 0.6 is 0 Å². The summed E-state index contributed by atoms with van der Waals surface area (Å²) >= 11 is 0. The molecule has 0 saturated heterocycles. The summed E-state index contributed by atoms with van der Waals surface area (Å²) in [7, 11) is 1.36. The predicted molar refractivity (Wildman–Crippen MR) is 87.2 cm³/mol. The third-order valence-corrected chi connectivity index (χ3v) is 3.13. The molecule has 3 N–H and O–H groups in total. The fourth-order valence-corrected chi connectivity index (χ4v) is 1.92. The first-order chi connectivity index (χ1) is 11.2. The van der Waals surface area contributed by atoms with Gasteiger partial charge < -0.3 is 20.5 Å². The maximum Gasteiger partial charge on any atom is 0.321 e. The maximum absolute atomic E-state index is 12.1. The van der Waals surface area contributed by atoms with Crippen LogP contribution in [0.25, 0.3) is 0 Å². The van der Waals surface area contributed by atoms with Crippen molar-refractivity contribution in [3.05, 3.63) is 28.3 Å². The van der Waals surface area contributed by atoms with Gasteiger partial charge in [-0.2, -0.15) is 0 Å². The highest BCUT2D eigenvalue weighted by Crippen LogP contribution is 2.29. The number of anilines is 1. The lowest BCUT2D eigenvalue weighted by Gasteiger charge is -2.16. The number of rotatable bonds is 9. The minimum absolute atomic E-state index is 0.115. The molecular weight excluding hydrogens is 318 g/mol. The monoisotopic (exact) mass is 339 g/mol. The summed E-state index contributed by atoms with van der Waals surface area (Å²) in [5.74, 6) is -1.25. The standard InChI is InChI=1S/C15H21N3O6/c1-9(2)8-16-12(15(20)21)7-14(19)17-11-6-10(18(22)23)4-5-13(11)24-3/h4-6,9,12,16H,7-8H2,1-3H3,(H,17,19)(H,20,21). The van der Waals surface area contributed by atoms with Crippen LogP contribution in [0, 0.1) is 16.0 Å². The Morgan fingerprint density at radius 3 is 2.54 bits per heavy atom. The zero-order valence-corrected chi connectivity index (χ0v) is 13.7. The number of carboxylic acids is 1. The van der Waals surface area contributed by atoms with Crippen molar-refractivity contribution in [3.8, 4) is 5.75 Å². The number of nitro groups is 1. The van der Waals surface area contributed by atoms with Crippen LogP contribution in [0.3, 0.4) is 0 Å². The van der Waals surface area contributed by atoms with Crippen LogP contribution in [-0.4, -0.2) is 41.6 Å². The largest absolute Gasteiger partial charge is 0.495 e. The average molecular weight is 339 g/mol. The number of methoxy groups -OCH3 is 1. The minimum atomic E-state index is -1.14. The van der Waals surface area contributed by atoms with E-state index in [2.05, 4.69) is 10.6 Å². The molecular formula is C15H21N3O6. The highest BCUT2D eigenvalue weighted by Gasteiger charge is 2.22. The molecule has 0 spiro atoms. The van der Waals surface area contributed by atoms with Gasteiger partial charge >= 0.3 is 5.97 Å². The molecule has 1 atom stereocenters. The SMILES string of the molecule is COc1ccc([N+](=O)[O-])cc1NC(=O)CC(NCC(C)C)C(=O)O. The van der Waals surface area contributed by atoms with E-state index in [-0.39, 0.29) is 29.5 Å². The lowest BCUT2D eigenvalue weighted by atomic mass is 10.1.